The normalized spacial score (nSPS) is 10.9. The van der Waals surface area contributed by atoms with E-state index in [0.29, 0.717) is 46.3 Å². The number of aromatic nitrogens is 2. The van der Waals surface area contributed by atoms with Gasteiger partial charge >= 0.3 is 5.97 Å². The van der Waals surface area contributed by atoms with Crippen LogP contribution < -0.4 is 9.47 Å². The Bertz CT molecular complexity index is 1680. The average molecular weight is 571 g/mol. The van der Waals surface area contributed by atoms with Crippen LogP contribution in [-0.4, -0.2) is 28.0 Å². The van der Waals surface area contributed by atoms with Gasteiger partial charge < -0.3 is 14.6 Å². The molecule has 0 radical (unpaired) electrons. The Morgan fingerprint density at radius 2 is 1.76 bits per heavy atom. The first kappa shape index (κ1) is 27.9. The molecule has 0 aliphatic rings. The van der Waals surface area contributed by atoms with Crippen molar-refractivity contribution in [2.24, 2.45) is 0 Å². The highest BCUT2D eigenvalue weighted by atomic mass is 35.5. The van der Waals surface area contributed by atoms with Crippen molar-refractivity contribution in [2.75, 3.05) is 7.11 Å². The molecule has 4 aromatic carbocycles. The third-order valence-electron chi connectivity index (χ3n) is 6.64. The minimum Gasteiger partial charge on any atom is -0.496 e. The number of aryl methyl sites for hydroxylation is 1. The van der Waals surface area contributed by atoms with E-state index in [2.05, 4.69) is 0 Å². The van der Waals surface area contributed by atoms with Crippen molar-refractivity contribution in [1.29, 1.82) is 0 Å². The van der Waals surface area contributed by atoms with Gasteiger partial charge in [0.2, 0.25) is 0 Å². The topological polar surface area (TPSA) is 73.6 Å². The van der Waals surface area contributed by atoms with Crippen molar-refractivity contribution in [2.45, 2.75) is 26.0 Å². The maximum atomic E-state index is 14.3. The van der Waals surface area contributed by atoms with Crippen LogP contribution >= 0.6 is 11.6 Å². The van der Waals surface area contributed by atoms with Crippen molar-refractivity contribution < 1.29 is 23.8 Å². The average Bonchev–Trinajstić information content (AvgIpc) is 3.39. The third kappa shape index (κ3) is 6.94. The van der Waals surface area contributed by atoms with Crippen molar-refractivity contribution in [1.82, 2.24) is 9.78 Å². The summed E-state index contributed by atoms with van der Waals surface area (Å²) in [6.45, 7) is 0.661. The molecule has 1 heterocycles. The second kappa shape index (κ2) is 12.7. The summed E-state index contributed by atoms with van der Waals surface area (Å²) in [5.41, 5.74) is 5.34. The molecule has 1 aromatic heterocycles. The Labute approximate surface area is 242 Å². The molecule has 0 atom stereocenters. The van der Waals surface area contributed by atoms with Gasteiger partial charge in [0.05, 0.1) is 25.0 Å². The summed E-state index contributed by atoms with van der Waals surface area (Å²) >= 11 is 6.16. The summed E-state index contributed by atoms with van der Waals surface area (Å²) in [6.07, 6.45) is 0.356. The highest BCUT2D eigenvalue weighted by Crippen LogP contribution is 2.35. The second-order valence-corrected chi connectivity index (χ2v) is 9.97. The van der Waals surface area contributed by atoms with E-state index in [9.17, 15) is 14.3 Å². The Kier molecular flexibility index (Phi) is 8.65. The molecule has 0 spiro atoms. The number of halogens is 2. The van der Waals surface area contributed by atoms with Gasteiger partial charge in [0.25, 0.3) is 0 Å². The minimum absolute atomic E-state index is 0.00105. The number of rotatable bonds is 11. The van der Waals surface area contributed by atoms with E-state index in [1.54, 1.807) is 19.2 Å². The van der Waals surface area contributed by atoms with Gasteiger partial charge in [-0.3, -0.25) is 9.48 Å². The predicted octanol–water partition coefficient (Wildman–Crippen LogP) is 7.66. The number of carboxylic acids is 1. The molecule has 0 aliphatic carbocycles. The summed E-state index contributed by atoms with van der Waals surface area (Å²) in [6, 6.07) is 29.0. The number of carboxylic acid groups (broad SMARTS) is 1. The fourth-order valence-corrected chi connectivity index (χ4v) is 4.85. The predicted molar refractivity (Wildman–Crippen MR) is 157 cm³/mol. The van der Waals surface area contributed by atoms with Crippen LogP contribution in [0.3, 0.4) is 0 Å². The molecule has 0 aliphatic heterocycles. The van der Waals surface area contributed by atoms with Crippen LogP contribution in [0.1, 0.15) is 23.1 Å². The highest BCUT2D eigenvalue weighted by molar-refractivity contribution is 6.30. The van der Waals surface area contributed by atoms with E-state index in [1.165, 1.54) is 12.1 Å². The van der Waals surface area contributed by atoms with Gasteiger partial charge in [-0.1, -0.05) is 60.1 Å². The van der Waals surface area contributed by atoms with Gasteiger partial charge in [-0.2, -0.15) is 5.10 Å². The second-order valence-electron chi connectivity index (χ2n) is 9.54. The Hall–Kier alpha value is -4.62. The first-order valence-corrected chi connectivity index (χ1v) is 13.5. The number of carbonyl (C=O) groups is 1. The lowest BCUT2D eigenvalue weighted by Crippen LogP contribution is -2.06. The SMILES string of the molecule is COc1ccccc1Cn1nc(-c2cc(CCC(=O)O)ccc2OCc2cccc(Cl)c2)cc1-c1cccc(F)c1. The molecule has 0 saturated heterocycles. The third-order valence-corrected chi connectivity index (χ3v) is 6.88. The Balaban J connectivity index is 1.59. The zero-order chi connectivity index (χ0) is 28.8. The summed E-state index contributed by atoms with van der Waals surface area (Å²) in [5.74, 6) is 0.0744. The van der Waals surface area contributed by atoms with E-state index in [0.717, 1.165) is 22.4 Å². The molecule has 0 amide bonds. The van der Waals surface area contributed by atoms with Crippen LogP contribution in [0.5, 0.6) is 11.5 Å². The number of methoxy groups -OCH3 is 1. The first-order chi connectivity index (χ1) is 19.9. The summed E-state index contributed by atoms with van der Waals surface area (Å²) < 4.78 is 27.9. The quantitative estimate of drug-likeness (QED) is 0.176. The van der Waals surface area contributed by atoms with Crippen molar-refractivity contribution >= 4 is 17.6 Å². The Morgan fingerprint density at radius 1 is 0.927 bits per heavy atom. The van der Waals surface area contributed by atoms with Crippen molar-refractivity contribution in [3.63, 3.8) is 0 Å². The number of hydrogen-bond acceptors (Lipinski definition) is 4. The standard InChI is InChI=1S/C33H28ClFN2O4/c1-40-31-11-3-2-7-25(31)20-37-30(24-8-5-10-27(35)18-24)19-29(36-37)28-17-22(13-15-33(38)39)12-14-32(28)41-21-23-6-4-9-26(34)16-23/h2-12,14,16-19H,13,15,20-21H2,1H3,(H,38,39). The number of ether oxygens (including phenoxy) is 2. The van der Waals surface area contributed by atoms with Gasteiger partial charge in [0, 0.05) is 28.1 Å². The lowest BCUT2D eigenvalue weighted by atomic mass is 10.0. The Morgan fingerprint density at radius 3 is 2.54 bits per heavy atom. The summed E-state index contributed by atoms with van der Waals surface area (Å²) in [4.78, 5) is 11.2. The number of benzene rings is 4. The van der Waals surface area contributed by atoms with Gasteiger partial charge in [0.15, 0.2) is 0 Å². The zero-order valence-corrected chi connectivity index (χ0v) is 23.1. The van der Waals surface area contributed by atoms with Crippen LogP contribution in [-0.2, 0) is 24.4 Å². The van der Waals surface area contributed by atoms with Crippen LogP contribution in [0.25, 0.3) is 22.5 Å². The number of nitrogens with zero attached hydrogens (tertiary/aromatic N) is 2. The van der Waals surface area contributed by atoms with Crippen molar-refractivity contribution in [3.8, 4) is 34.0 Å². The molecular formula is C33H28ClFN2O4. The lowest BCUT2D eigenvalue weighted by Gasteiger charge is -2.13. The summed E-state index contributed by atoms with van der Waals surface area (Å²) in [5, 5.41) is 14.8. The first-order valence-electron chi connectivity index (χ1n) is 13.1. The van der Waals surface area contributed by atoms with E-state index in [-0.39, 0.29) is 18.8 Å². The fourth-order valence-electron chi connectivity index (χ4n) is 4.64. The molecule has 0 bridgehead atoms. The van der Waals surface area contributed by atoms with E-state index in [4.69, 9.17) is 26.2 Å². The minimum atomic E-state index is -0.873. The number of aliphatic carboxylic acids is 1. The largest absolute Gasteiger partial charge is 0.496 e. The maximum absolute atomic E-state index is 14.3. The van der Waals surface area contributed by atoms with E-state index in [1.807, 2.05) is 77.5 Å². The molecule has 208 valence electrons. The molecule has 8 heteroatoms. The molecule has 1 N–H and O–H groups in total. The summed E-state index contributed by atoms with van der Waals surface area (Å²) in [7, 11) is 1.62. The zero-order valence-electron chi connectivity index (χ0n) is 22.4. The molecule has 6 nitrogen and oxygen atoms in total. The molecule has 5 aromatic rings. The monoisotopic (exact) mass is 570 g/mol. The smallest absolute Gasteiger partial charge is 0.303 e. The van der Waals surface area contributed by atoms with Crippen LogP contribution in [0.15, 0.2) is 97.1 Å². The molecule has 0 saturated carbocycles. The number of hydrogen-bond donors (Lipinski definition) is 1. The molecule has 0 fully saturated rings. The molecular weight excluding hydrogens is 543 g/mol. The van der Waals surface area contributed by atoms with Gasteiger partial charge in [-0.25, -0.2) is 4.39 Å². The van der Waals surface area contributed by atoms with Crippen molar-refractivity contribution in [3.05, 3.63) is 125 Å². The fraction of sp³-hybridized carbons (Fsp3) is 0.152. The lowest BCUT2D eigenvalue weighted by molar-refractivity contribution is -0.136. The highest BCUT2D eigenvalue weighted by Gasteiger charge is 2.18. The molecule has 5 rings (SSSR count). The van der Waals surface area contributed by atoms with Gasteiger partial charge in [0.1, 0.15) is 23.9 Å². The van der Waals surface area contributed by atoms with Gasteiger partial charge in [-0.05, 0) is 66.1 Å². The van der Waals surface area contributed by atoms with E-state index >= 15 is 0 Å². The molecule has 41 heavy (non-hydrogen) atoms. The van der Waals surface area contributed by atoms with Crippen LogP contribution in [0.4, 0.5) is 4.39 Å². The van der Waals surface area contributed by atoms with Crippen LogP contribution in [0.2, 0.25) is 5.02 Å². The number of para-hydroxylation sites is 1. The molecule has 0 unspecified atom stereocenters. The maximum Gasteiger partial charge on any atom is 0.303 e. The van der Waals surface area contributed by atoms with E-state index < -0.39 is 5.97 Å². The van der Waals surface area contributed by atoms with Crippen LogP contribution in [0, 0.1) is 5.82 Å². The van der Waals surface area contributed by atoms with Gasteiger partial charge in [-0.15, -0.1) is 0 Å².